The highest BCUT2D eigenvalue weighted by atomic mass is 79.9. The monoisotopic (exact) mass is 557 g/mol. The summed E-state index contributed by atoms with van der Waals surface area (Å²) in [5.41, 5.74) is 0.771. The van der Waals surface area contributed by atoms with Crippen LogP contribution >= 0.6 is 15.9 Å². The van der Waals surface area contributed by atoms with Gasteiger partial charge in [-0.1, -0.05) is 33.6 Å². The van der Waals surface area contributed by atoms with Crippen molar-refractivity contribution in [1.82, 2.24) is 4.72 Å². The van der Waals surface area contributed by atoms with Gasteiger partial charge in [-0.2, -0.15) is 0 Å². The Balaban J connectivity index is 1.38. The molecule has 10 heteroatoms. The molecular formula is C25H20BrNO7S. The average Bonchev–Trinajstić information content (AvgIpc) is 2.82. The van der Waals surface area contributed by atoms with Gasteiger partial charge in [-0.05, 0) is 55.5 Å². The number of halogens is 1. The van der Waals surface area contributed by atoms with Gasteiger partial charge in [-0.25, -0.2) is 13.1 Å². The molecule has 1 N–H and O–H groups in total. The number of carbonyl (C=O) groups excluding carboxylic acids is 1. The molecule has 0 amide bonds. The van der Waals surface area contributed by atoms with Gasteiger partial charge in [0.1, 0.15) is 23.3 Å². The van der Waals surface area contributed by atoms with Crippen molar-refractivity contribution in [2.24, 2.45) is 0 Å². The molecule has 0 atom stereocenters. The Bertz CT molecular complexity index is 1530. The Morgan fingerprint density at radius 3 is 2.40 bits per heavy atom. The van der Waals surface area contributed by atoms with E-state index in [2.05, 4.69) is 20.7 Å². The molecular weight excluding hydrogens is 538 g/mol. The molecule has 0 radical (unpaired) electrons. The van der Waals surface area contributed by atoms with Crippen molar-refractivity contribution >= 4 is 42.9 Å². The van der Waals surface area contributed by atoms with Gasteiger partial charge < -0.3 is 13.9 Å². The van der Waals surface area contributed by atoms with Crippen molar-refractivity contribution in [3.8, 4) is 17.2 Å². The molecule has 0 fully saturated rings. The van der Waals surface area contributed by atoms with Crippen LogP contribution in [0.2, 0.25) is 0 Å². The molecule has 0 aliphatic rings. The topological polar surface area (TPSA) is 112 Å². The second kappa shape index (κ2) is 10.4. The molecule has 4 rings (SSSR count). The highest BCUT2D eigenvalue weighted by Gasteiger charge is 2.15. The van der Waals surface area contributed by atoms with E-state index in [1.807, 2.05) is 6.92 Å². The molecule has 35 heavy (non-hydrogen) atoms. The summed E-state index contributed by atoms with van der Waals surface area (Å²) in [6.45, 7) is 1.73. The van der Waals surface area contributed by atoms with E-state index >= 15 is 0 Å². The maximum absolute atomic E-state index is 12.7. The maximum Gasteiger partial charge on any atom is 0.312 e. The number of carbonyl (C=O) groups is 1. The van der Waals surface area contributed by atoms with Crippen LogP contribution in [0.3, 0.4) is 0 Å². The zero-order valence-electron chi connectivity index (χ0n) is 18.5. The first-order valence-corrected chi connectivity index (χ1v) is 12.7. The number of fused-ring (bicyclic) bond motifs is 1. The normalized spacial score (nSPS) is 11.4. The average molecular weight is 558 g/mol. The molecule has 1 aromatic heterocycles. The van der Waals surface area contributed by atoms with Gasteiger partial charge in [0, 0.05) is 17.1 Å². The van der Waals surface area contributed by atoms with Gasteiger partial charge in [0.2, 0.25) is 21.2 Å². The number of esters is 1. The van der Waals surface area contributed by atoms with Gasteiger partial charge in [-0.15, -0.1) is 0 Å². The van der Waals surface area contributed by atoms with Crippen molar-refractivity contribution in [3.05, 3.63) is 93.3 Å². The van der Waals surface area contributed by atoms with Crippen LogP contribution in [0.25, 0.3) is 11.0 Å². The van der Waals surface area contributed by atoms with Gasteiger partial charge in [-0.3, -0.25) is 9.59 Å². The molecule has 0 aliphatic carbocycles. The molecule has 180 valence electrons. The smallest absolute Gasteiger partial charge is 0.312 e. The van der Waals surface area contributed by atoms with E-state index in [1.54, 1.807) is 36.4 Å². The predicted octanol–water partition coefficient (Wildman–Crippen LogP) is 4.93. The van der Waals surface area contributed by atoms with Crippen molar-refractivity contribution in [2.75, 3.05) is 6.54 Å². The van der Waals surface area contributed by atoms with Gasteiger partial charge in [0.05, 0.1) is 16.7 Å². The SMILES string of the molecule is Cc1ccc(S(=O)(=O)NCCC(=O)Oc2ccc3c(=O)c(Oc4ccc(Br)cc4)coc3c2)cc1. The molecule has 4 aromatic rings. The lowest BCUT2D eigenvalue weighted by Gasteiger charge is -2.08. The second-order valence-corrected chi connectivity index (χ2v) is 10.3. The lowest BCUT2D eigenvalue weighted by molar-refractivity contribution is -0.134. The summed E-state index contributed by atoms with van der Waals surface area (Å²) in [4.78, 5) is 25.0. The Morgan fingerprint density at radius 1 is 1.00 bits per heavy atom. The molecule has 0 aliphatic heterocycles. The summed E-state index contributed by atoms with van der Waals surface area (Å²) in [6, 6.07) is 17.7. The van der Waals surface area contributed by atoms with Crippen LogP contribution in [0.5, 0.6) is 17.2 Å². The first-order chi connectivity index (χ1) is 16.7. The summed E-state index contributed by atoms with van der Waals surface area (Å²) in [5, 5.41) is 0.255. The minimum atomic E-state index is -3.73. The third kappa shape index (κ3) is 6.16. The number of hydrogen-bond donors (Lipinski definition) is 1. The van der Waals surface area contributed by atoms with Crippen LogP contribution in [0, 0.1) is 6.92 Å². The van der Waals surface area contributed by atoms with Crippen LogP contribution in [0.15, 0.2) is 91.6 Å². The Kier molecular flexibility index (Phi) is 7.34. The first kappa shape index (κ1) is 24.6. The number of hydrogen-bond acceptors (Lipinski definition) is 7. The minimum Gasteiger partial charge on any atom is -0.460 e. The van der Waals surface area contributed by atoms with Gasteiger partial charge in [0.25, 0.3) is 0 Å². The predicted molar refractivity (Wildman–Crippen MR) is 133 cm³/mol. The third-order valence-corrected chi connectivity index (χ3v) is 6.95. The van der Waals surface area contributed by atoms with Crippen molar-refractivity contribution in [2.45, 2.75) is 18.2 Å². The fourth-order valence-corrected chi connectivity index (χ4v) is 4.42. The Hall–Kier alpha value is -3.47. The van der Waals surface area contributed by atoms with Crippen LogP contribution < -0.4 is 19.6 Å². The second-order valence-electron chi connectivity index (χ2n) is 7.58. The largest absolute Gasteiger partial charge is 0.460 e. The number of rotatable bonds is 8. The van der Waals surface area contributed by atoms with E-state index in [0.29, 0.717) is 5.75 Å². The molecule has 3 aromatic carbocycles. The van der Waals surface area contributed by atoms with E-state index in [9.17, 15) is 18.0 Å². The van der Waals surface area contributed by atoms with Crippen LogP contribution in [-0.4, -0.2) is 20.9 Å². The van der Waals surface area contributed by atoms with Crippen LogP contribution in [-0.2, 0) is 14.8 Å². The number of aryl methyl sites for hydroxylation is 1. The van der Waals surface area contributed by atoms with Crippen molar-refractivity contribution in [1.29, 1.82) is 0 Å². The number of ether oxygens (including phenoxy) is 2. The summed E-state index contributed by atoms with van der Waals surface area (Å²) in [6.07, 6.45) is 1.01. The Morgan fingerprint density at radius 2 is 1.69 bits per heavy atom. The van der Waals surface area contributed by atoms with Crippen LogP contribution in [0.1, 0.15) is 12.0 Å². The molecule has 0 saturated heterocycles. The van der Waals surface area contributed by atoms with E-state index in [4.69, 9.17) is 13.9 Å². The minimum absolute atomic E-state index is 0.0189. The van der Waals surface area contributed by atoms with E-state index in [0.717, 1.165) is 10.0 Å². The van der Waals surface area contributed by atoms with E-state index in [1.165, 1.54) is 36.6 Å². The third-order valence-electron chi connectivity index (χ3n) is 4.94. The highest BCUT2D eigenvalue weighted by Crippen LogP contribution is 2.25. The molecule has 0 saturated carbocycles. The van der Waals surface area contributed by atoms with Gasteiger partial charge >= 0.3 is 5.97 Å². The summed E-state index contributed by atoms with van der Waals surface area (Å²) in [5.74, 6) is 0.0101. The summed E-state index contributed by atoms with van der Waals surface area (Å²) >= 11 is 3.33. The van der Waals surface area contributed by atoms with Crippen molar-refractivity contribution in [3.63, 3.8) is 0 Å². The number of nitrogens with one attached hydrogen (secondary N) is 1. The fraction of sp³-hybridized carbons (Fsp3) is 0.120. The molecule has 1 heterocycles. The molecule has 0 unspecified atom stereocenters. The van der Waals surface area contributed by atoms with Gasteiger partial charge in [0.15, 0.2) is 0 Å². The van der Waals surface area contributed by atoms with E-state index in [-0.39, 0.29) is 45.8 Å². The lowest BCUT2D eigenvalue weighted by atomic mass is 10.2. The van der Waals surface area contributed by atoms with E-state index < -0.39 is 16.0 Å². The Labute approximate surface area is 209 Å². The number of sulfonamides is 1. The van der Waals surface area contributed by atoms with Crippen LogP contribution in [0.4, 0.5) is 0 Å². The van der Waals surface area contributed by atoms with Crippen molar-refractivity contribution < 1.29 is 27.1 Å². The quantitative estimate of drug-likeness (QED) is 0.241. The summed E-state index contributed by atoms with van der Waals surface area (Å²) < 4.78 is 44.2. The maximum atomic E-state index is 12.7. The molecule has 0 bridgehead atoms. The first-order valence-electron chi connectivity index (χ1n) is 10.5. The zero-order chi connectivity index (χ0) is 25.0. The zero-order valence-corrected chi connectivity index (χ0v) is 20.9. The highest BCUT2D eigenvalue weighted by molar-refractivity contribution is 9.10. The standard InChI is InChI=1S/C25H20BrNO7S/c1-16-2-9-20(10-3-16)35(30,31)27-13-12-24(28)34-19-8-11-21-22(14-19)32-15-23(25(21)29)33-18-6-4-17(26)5-7-18/h2-11,14-15,27H,12-13H2,1H3. The summed E-state index contributed by atoms with van der Waals surface area (Å²) in [7, 11) is -3.73. The molecule has 8 nitrogen and oxygen atoms in total. The lowest BCUT2D eigenvalue weighted by Crippen LogP contribution is -2.27. The fourth-order valence-electron chi connectivity index (χ4n) is 3.13. The number of benzene rings is 3. The molecule has 0 spiro atoms.